The number of aromatic nitrogens is 1. The molecule has 0 aliphatic heterocycles. The molecule has 100 valence electrons. The first-order chi connectivity index (χ1) is 8.83. The Bertz CT molecular complexity index is 527. The lowest BCUT2D eigenvalue weighted by atomic mass is 10.1. The fourth-order valence-electron chi connectivity index (χ4n) is 1.68. The number of halogens is 1. The van der Waals surface area contributed by atoms with Crippen LogP contribution in [0.4, 0.5) is 0 Å². The number of pyridine rings is 1. The summed E-state index contributed by atoms with van der Waals surface area (Å²) in [6.45, 7) is 0.518. The zero-order chi connectivity index (χ0) is 12.8. The molecule has 0 amide bonds. The summed E-state index contributed by atoms with van der Waals surface area (Å²) in [6, 6.07) is 13.2. The lowest BCUT2D eigenvalue weighted by Crippen LogP contribution is -3.00. The number of benzene rings is 1. The molecule has 2 aromatic rings. The predicted molar refractivity (Wildman–Crippen MR) is 68.0 cm³/mol. The van der Waals surface area contributed by atoms with E-state index in [1.807, 2.05) is 59.4 Å². The zero-order valence-corrected chi connectivity index (χ0v) is 12.7. The van der Waals surface area contributed by atoms with Crippen molar-refractivity contribution >= 4 is 5.71 Å². The van der Waals surface area contributed by atoms with Gasteiger partial charge in [0.05, 0.1) is 7.11 Å². The molecule has 0 spiro atoms. The van der Waals surface area contributed by atoms with E-state index >= 15 is 0 Å². The number of hydrogen-bond acceptors (Lipinski definition) is 3. The van der Waals surface area contributed by atoms with Gasteiger partial charge in [-0.1, -0.05) is 11.2 Å². The number of rotatable bonds is 4. The van der Waals surface area contributed by atoms with Gasteiger partial charge in [-0.2, -0.15) is 4.57 Å². The van der Waals surface area contributed by atoms with Gasteiger partial charge in [0.25, 0.3) is 0 Å². The molecule has 0 unspecified atom stereocenters. The third-order valence-corrected chi connectivity index (χ3v) is 2.65. The Balaban J connectivity index is 0.00000180. The Hall–Kier alpha value is -1.63. The molecule has 0 aliphatic rings. The third-order valence-electron chi connectivity index (χ3n) is 2.65. The molecule has 4 nitrogen and oxygen atoms in total. The van der Waals surface area contributed by atoms with Gasteiger partial charge in [-0.3, -0.25) is 0 Å². The summed E-state index contributed by atoms with van der Waals surface area (Å²) in [4.78, 5) is 0. The second kappa shape index (κ2) is 7.73. The highest BCUT2D eigenvalue weighted by Crippen LogP contribution is 2.12. The topological polar surface area (TPSA) is 45.7 Å². The van der Waals surface area contributed by atoms with Crippen molar-refractivity contribution in [2.75, 3.05) is 7.11 Å². The van der Waals surface area contributed by atoms with Gasteiger partial charge in [0.1, 0.15) is 5.75 Å². The van der Waals surface area contributed by atoms with Crippen LogP contribution in [-0.2, 0) is 6.54 Å². The molecule has 0 fully saturated rings. The maximum absolute atomic E-state index is 9.11. The summed E-state index contributed by atoms with van der Waals surface area (Å²) in [5.41, 5.74) is 1.48. The molecular formula is C14H15IN2O2. The third kappa shape index (κ3) is 4.20. The van der Waals surface area contributed by atoms with Crippen LogP contribution >= 0.6 is 0 Å². The van der Waals surface area contributed by atoms with E-state index < -0.39 is 0 Å². The lowest BCUT2D eigenvalue weighted by Gasteiger charge is -2.03. The first-order valence-corrected chi connectivity index (χ1v) is 5.63. The van der Waals surface area contributed by atoms with Gasteiger partial charge in [-0.15, -0.1) is 0 Å². The molecule has 0 radical (unpaired) electrons. The van der Waals surface area contributed by atoms with Gasteiger partial charge < -0.3 is 33.9 Å². The van der Waals surface area contributed by atoms with Crippen LogP contribution in [0.3, 0.4) is 0 Å². The van der Waals surface area contributed by atoms with Crippen molar-refractivity contribution in [2.24, 2.45) is 5.16 Å². The van der Waals surface area contributed by atoms with Crippen molar-refractivity contribution in [3.63, 3.8) is 0 Å². The largest absolute Gasteiger partial charge is 1.00 e. The average molecular weight is 370 g/mol. The van der Waals surface area contributed by atoms with Crippen molar-refractivity contribution in [1.29, 1.82) is 0 Å². The Morgan fingerprint density at radius 3 is 2.32 bits per heavy atom. The van der Waals surface area contributed by atoms with Crippen molar-refractivity contribution < 1.29 is 38.5 Å². The molecule has 0 aliphatic carbocycles. The van der Waals surface area contributed by atoms with Gasteiger partial charge in [-0.05, 0) is 24.3 Å². The van der Waals surface area contributed by atoms with E-state index in [0.717, 1.165) is 11.3 Å². The van der Waals surface area contributed by atoms with Crippen LogP contribution in [0, 0.1) is 0 Å². The van der Waals surface area contributed by atoms with Gasteiger partial charge in [-0.25, -0.2) is 0 Å². The fraction of sp³-hybridized carbons (Fsp3) is 0.143. The standard InChI is InChI=1S/C14H14N2O2.HI/c1-18-13-7-5-12(6-8-13)14(15-17)11-16-9-3-2-4-10-16;/h2-10H,11H2,1H3;1H/b15-14-;. The van der Waals surface area contributed by atoms with Gasteiger partial charge in [0.2, 0.25) is 0 Å². The molecule has 1 aromatic heterocycles. The van der Waals surface area contributed by atoms with Gasteiger partial charge in [0.15, 0.2) is 24.7 Å². The van der Waals surface area contributed by atoms with E-state index in [1.165, 1.54) is 0 Å². The molecule has 2 rings (SSSR count). The van der Waals surface area contributed by atoms with Crippen LogP contribution in [0.5, 0.6) is 5.75 Å². The number of hydrogen-bond donors (Lipinski definition) is 1. The highest BCUT2D eigenvalue weighted by atomic mass is 127. The molecule has 0 atom stereocenters. The summed E-state index contributed by atoms with van der Waals surface area (Å²) in [5.74, 6) is 0.781. The van der Waals surface area contributed by atoms with Crippen LogP contribution < -0.4 is 33.3 Å². The minimum atomic E-state index is 0. The average Bonchev–Trinajstić information content (AvgIpc) is 2.46. The molecule has 0 saturated heterocycles. The molecule has 5 heteroatoms. The summed E-state index contributed by atoms with van der Waals surface area (Å²) in [7, 11) is 1.62. The number of ether oxygens (including phenoxy) is 1. The Kier molecular flexibility index (Phi) is 6.27. The smallest absolute Gasteiger partial charge is 0.194 e. The summed E-state index contributed by atoms with van der Waals surface area (Å²) in [6.07, 6.45) is 3.85. The number of oxime groups is 1. The Morgan fingerprint density at radius 1 is 1.16 bits per heavy atom. The molecule has 0 bridgehead atoms. The quantitative estimate of drug-likeness (QED) is 0.243. The molecule has 0 saturated carbocycles. The van der Waals surface area contributed by atoms with E-state index in [1.54, 1.807) is 7.11 Å². The highest BCUT2D eigenvalue weighted by molar-refractivity contribution is 5.99. The SMILES string of the molecule is COc1ccc(/C(C[n+]2ccccc2)=N\O)cc1.[I-]. The normalized spacial score (nSPS) is 10.7. The van der Waals surface area contributed by atoms with Crippen LogP contribution in [0.25, 0.3) is 0 Å². The minimum absolute atomic E-state index is 0. The summed E-state index contributed by atoms with van der Waals surface area (Å²) < 4.78 is 7.04. The summed E-state index contributed by atoms with van der Waals surface area (Å²) in [5, 5.41) is 12.5. The number of methoxy groups -OCH3 is 1. The van der Waals surface area contributed by atoms with Crippen molar-refractivity contribution in [1.82, 2.24) is 0 Å². The highest BCUT2D eigenvalue weighted by Gasteiger charge is 2.10. The van der Waals surface area contributed by atoms with Crippen LogP contribution in [0.1, 0.15) is 5.56 Å². The van der Waals surface area contributed by atoms with Crippen LogP contribution in [0.2, 0.25) is 0 Å². The molecule has 19 heavy (non-hydrogen) atoms. The fourth-order valence-corrected chi connectivity index (χ4v) is 1.68. The first-order valence-electron chi connectivity index (χ1n) is 5.63. The predicted octanol–water partition coefficient (Wildman–Crippen LogP) is -1.13. The number of nitrogens with zero attached hydrogens (tertiary/aromatic N) is 2. The van der Waals surface area contributed by atoms with Gasteiger partial charge >= 0.3 is 0 Å². The second-order valence-corrected chi connectivity index (χ2v) is 3.82. The first kappa shape index (κ1) is 15.4. The maximum atomic E-state index is 9.11. The van der Waals surface area contributed by atoms with Gasteiger partial charge in [0, 0.05) is 17.7 Å². The second-order valence-electron chi connectivity index (χ2n) is 3.82. The van der Waals surface area contributed by atoms with Crippen molar-refractivity contribution in [3.05, 3.63) is 60.4 Å². The van der Waals surface area contributed by atoms with E-state index in [4.69, 9.17) is 9.94 Å². The van der Waals surface area contributed by atoms with E-state index in [9.17, 15) is 0 Å². The van der Waals surface area contributed by atoms with E-state index in [-0.39, 0.29) is 24.0 Å². The lowest BCUT2D eigenvalue weighted by molar-refractivity contribution is -0.681. The summed E-state index contributed by atoms with van der Waals surface area (Å²) >= 11 is 0. The van der Waals surface area contributed by atoms with Crippen LogP contribution in [-0.4, -0.2) is 18.0 Å². The molecular weight excluding hydrogens is 355 g/mol. The monoisotopic (exact) mass is 370 g/mol. The van der Waals surface area contributed by atoms with E-state index in [0.29, 0.717) is 12.3 Å². The van der Waals surface area contributed by atoms with Crippen molar-refractivity contribution in [2.45, 2.75) is 6.54 Å². The maximum Gasteiger partial charge on any atom is 0.194 e. The Morgan fingerprint density at radius 2 is 1.79 bits per heavy atom. The van der Waals surface area contributed by atoms with E-state index in [2.05, 4.69) is 5.16 Å². The molecule has 1 N–H and O–H groups in total. The van der Waals surface area contributed by atoms with Crippen molar-refractivity contribution in [3.8, 4) is 5.75 Å². The minimum Gasteiger partial charge on any atom is -1.00 e. The molecule has 1 aromatic carbocycles. The zero-order valence-electron chi connectivity index (χ0n) is 10.5. The molecule has 1 heterocycles. The van der Waals surface area contributed by atoms with Crippen LogP contribution in [0.15, 0.2) is 60.0 Å². The Labute approximate surface area is 129 Å².